The SMILES string of the molecule is COc1cc(C)c(C(CO)N2CCNCC2)cc1C. The highest BCUT2D eigenvalue weighted by Gasteiger charge is 2.23. The van der Waals surface area contributed by atoms with Gasteiger partial charge in [0, 0.05) is 26.2 Å². The number of aryl methyl sites for hydroxylation is 2. The average Bonchev–Trinajstić information content (AvgIpc) is 2.44. The second kappa shape index (κ2) is 6.37. The average molecular weight is 264 g/mol. The number of hydrogen-bond donors (Lipinski definition) is 2. The molecular weight excluding hydrogens is 240 g/mol. The van der Waals surface area contributed by atoms with Crippen LogP contribution in [0.2, 0.25) is 0 Å². The molecule has 0 aliphatic carbocycles. The second-order valence-electron chi connectivity index (χ2n) is 5.16. The van der Waals surface area contributed by atoms with Crippen molar-refractivity contribution in [2.24, 2.45) is 0 Å². The Balaban J connectivity index is 2.29. The third-order valence-corrected chi connectivity index (χ3v) is 3.91. The van der Waals surface area contributed by atoms with E-state index in [1.54, 1.807) is 7.11 Å². The van der Waals surface area contributed by atoms with Gasteiger partial charge in [-0.2, -0.15) is 0 Å². The van der Waals surface area contributed by atoms with Gasteiger partial charge in [-0.05, 0) is 36.6 Å². The fourth-order valence-corrected chi connectivity index (χ4v) is 2.80. The summed E-state index contributed by atoms with van der Waals surface area (Å²) >= 11 is 0. The summed E-state index contributed by atoms with van der Waals surface area (Å²) in [5.74, 6) is 0.915. The van der Waals surface area contributed by atoms with Crippen molar-refractivity contribution in [3.63, 3.8) is 0 Å². The molecule has 0 spiro atoms. The van der Waals surface area contributed by atoms with Gasteiger partial charge in [-0.25, -0.2) is 0 Å². The molecule has 4 heteroatoms. The number of benzene rings is 1. The molecule has 1 unspecified atom stereocenters. The van der Waals surface area contributed by atoms with Crippen LogP contribution in [0.25, 0.3) is 0 Å². The third-order valence-electron chi connectivity index (χ3n) is 3.91. The maximum absolute atomic E-state index is 9.78. The highest BCUT2D eigenvalue weighted by Crippen LogP contribution is 2.29. The molecule has 4 nitrogen and oxygen atoms in total. The highest BCUT2D eigenvalue weighted by molar-refractivity contribution is 5.43. The topological polar surface area (TPSA) is 44.7 Å². The number of nitrogens with one attached hydrogen (secondary N) is 1. The molecule has 1 atom stereocenters. The summed E-state index contributed by atoms with van der Waals surface area (Å²) in [6, 6.07) is 4.30. The van der Waals surface area contributed by atoms with Crippen LogP contribution in [0.1, 0.15) is 22.7 Å². The standard InChI is InChI=1S/C15H24N2O2/c1-11-9-15(19-3)12(2)8-13(11)14(10-18)17-6-4-16-5-7-17/h8-9,14,16,18H,4-7,10H2,1-3H3. The number of hydrogen-bond acceptors (Lipinski definition) is 4. The fourth-order valence-electron chi connectivity index (χ4n) is 2.80. The van der Waals surface area contributed by atoms with Crippen LogP contribution in [0, 0.1) is 13.8 Å². The summed E-state index contributed by atoms with van der Waals surface area (Å²) in [6.45, 7) is 8.24. The van der Waals surface area contributed by atoms with E-state index in [2.05, 4.69) is 29.3 Å². The number of ether oxygens (including phenoxy) is 1. The van der Waals surface area contributed by atoms with E-state index in [1.807, 2.05) is 6.92 Å². The first-order valence-electron chi connectivity index (χ1n) is 6.88. The molecule has 19 heavy (non-hydrogen) atoms. The molecular formula is C15H24N2O2. The molecule has 2 N–H and O–H groups in total. The quantitative estimate of drug-likeness (QED) is 0.859. The predicted molar refractivity (Wildman–Crippen MR) is 76.7 cm³/mol. The molecule has 1 aromatic carbocycles. The van der Waals surface area contributed by atoms with Crippen molar-refractivity contribution in [3.8, 4) is 5.75 Å². The summed E-state index contributed by atoms with van der Waals surface area (Å²) in [5.41, 5.74) is 3.51. The van der Waals surface area contributed by atoms with Crippen molar-refractivity contribution in [3.05, 3.63) is 28.8 Å². The molecule has 0 radical (unpaired) electrons. The number of aliphatic hydroxyl groups excluding tert-OH is 1. The van der Waals surface area contributed by atoms with Crippen LogP contribution >= 0.6 is 0 Å². The van der Waals surface area contributed by atoms with Crippen LogP contribution in [-0.2, 0) is 0 Å². The number of nitrogens with zero attached hydrogens (tertiary/aromatic N) is 1. The van der Waals surface area contributed by atoms with Gasteiger partial charge in [0.25, 0.3) is 0 Å². The van der Waals surface area contributed by atoms with Gasteiger partial charge in [0.05, 0.1) is 19.8 Å². The zero-order chi connectivity index (χ0) is 13.8. The van der Waals surface area contributed by atoms with Gasteiger partial charge in [-0.15, -0.1) is 0 Å². The van der Waals surface area contributed by atoms with Crippen LogP contribution < -0.4 is 10.1 Å². The van der Waals surface area contributed by atoms with E-state index >= 15 is 0 Å². The number of piperazine rings is 1. The molecule has 0 aromatic heterocycles. The maximum atomic E-state index is 9.78. The fraction of sp³-hybridized carbons (Fsp3) is 0.600. The van der Waals surface area contributed by atoms with Crippen LogP contribution in [-0.4, -0.2) is 49.9 Å². The number of aliphatic hydroxyl groups is 1. The monoisotopic (exact) mass is 264 g/mol. The Kier molecular flexibility index (Phi) is 4.80. The van der Waals surface area contributed by atoms with E-state index in [-0.39, 0.29) is 12.6 Å². The molecule has 1 saturated heterocycles. The minimum Gasteiger partial charge on any atom is -0.496 e. The van der Waals surface area contributed by atoms with E-state index in [9.17, 15) is 5.11 Å². The summed E-state index contributed by atoms with van der Waals surface area (Å²) in [7, 11) is 1.70. The predicted octanol–water partition coefficient (Wildman–Crippen LogP) is 1.25. The van der Waals surface area contributed by atoms with Crippen molar-refractivity contribution in [2.45, 2.75) is 19.9 Å². The number of methoxy groups -OCH3 is 1. The molecule has 1 aromatic rings. The Labute approximate surface area is 115 Å². The van der Waals surface area contributed by atoms with Gasteiger partial charge in [-0.1, -0.05) is 6.07 Å². The van der Waals surface area contributed by atoms with Gasteiger partial charge in [-0.3, -0.25) is 4.90 Å². The van der Waals surface area contributed by atoms with Crippen LogP contribution in [0.5, 0.6) is 5.75 Å². The van der Waals surface area contributed by atoms with Crippen molar-refractivity contribution in [2.75, 3.05) is 39.9 Å². The lowest BCUT2D eigenvalue weighted by molar-refractivity contribution is 0.110. The van der Waals surface area contributed by atoms with Crippen LogP contribution in [0.3, 0.4) is 0 Å². The van der Waals surface area contributed by atoms with E-state index in [4.69, 9.17) is 4.74 Å². The molecule has 1 heterocycles. The Hall–Kier alpha value is -1.10. The van der Waals surface area contributed by atoms with Gasteiger partial charge < -0.3 is 15.2 Å². The minimum absolute atomic E-state index is 0.0895. The van der Waals surface area contributed by atoms with Gasteiger partial charge >= 0.3 is 0 Å². The zero-order valence-corrected chi connectivity index (χ0v) is 12.1. The van der Waals surface area contributed by atoms with Crippen LogP contribution in [0.15, 0.2) is 12.1 Å². The first kappa shape index (κ1) is 14.3. The molecule has 1 aliphatic rings. The van der Waals surface area contributed by atoms with E-state index in [1.165, 1.54) is 11.1 Å². The highest BCUT2D eigenvalue weighted by atomic mass is 16.5. The summed E-state index contributed by atoms with van der Waals surface area (Å²) in [4.78, 5) is 2.35. The Bertz CT molecular complexity index is 428. The minimum atomic E-state index is 0.0895. The largest absolute Gasteiger partial charge is 0.496 e. The Morgan fingerprint density at radius 2 is 1.95 bits per heavy atom. The molecule has 2 rings (SSSR count). The normalized spacial score (nSPS) is 18.3. The van der Waals surface area contributed by atoms with Gasteiger partial charge in [0.1, 0.15) is 5.75 Å². The number of rotatable bonds is 4. The third kappa shape index (κ3) is 3.08. The Morgan fingerprint density at radius 3 is 2.53 bits per heavy atom. The van der Waals surface area contributed by atoms with Crippen molar-refractivity contribution < 1.29 is 9.84 Å². The molecule has 1 aliphatic heterocycles. The summed E-state index contributed by atoms with van der Waals surface area (Å²) in [5, 5.41) is 13.1. The summed E-state index contributed by atoms with van der Waals surface area (Å²) < 4.78 is 5.35. The van der Waals surface area contributed by atoms with E-state index in [0.29, 0.717) is 0 Å². The molecule has 0 amide bonds. The smallest absolute Gasteiger partial charge is 0.122 e. The van der Waals surface area contributed by atoms with E-state index in [0.717, 1.165) is 37.5 Å². The van der Waals surface area contributed by atoms with Crippen molar-refractivity contribution in [1.29, 1.82) is 0 Å². The van der Waals surface area contributed by atoms with Crippen molar-refractivity contribution >= 4 is 0 Å². The first-order valence-corrected chi connectivity index (χ1v) is 6.88. The second-order valence-corrected chi connectivity index (χ2v) is 5.16. The van der Waals surface area contributed by atoms with Gasteiger partial charge in [0.15, 0.2) is 0 Å². The van der Waals surface area contributed by atoms with Crippen molar-refractivity contribution in [1.82, 2.24) is 10.2 Å². The van der Waals surface area contributed by atoms with Crippen LogP contribution in [0.4, 0.5) is 0 Å². The lowest BCUT2D eigenvalue weighted by atomic mass is 9.97. The Morgan fingerprint density at radius 1 is 1.26 bits per heavy atom. The van der Waals surface area contributed by atoms with E-state index < -0.39 is 0 Å². The molecule has 0 saturated carbocycles. The summed E-state index contributed by atoms with van der Waals surface area (Å²) in [6.07, 6.45) is 0. The molecule has 106 valence electrons. The molecule has 1 fully saturated rings. The maximum Gasteiger partial charge on any atom is 0.122 e. The lowest BCUT2D eigenvalue weighted by Crippen LogP contribution is -2.46. The zero-order valence-electron chi connectivity index (χ0n) is 12.1. The first-order chi connectivity index (χ1) is 9.17. The molecule has 0 bridgehead atoms. The lowest BCUT2D eigenvalue weighted by Gasteiger charge is -2.35. The van der Waals surface area contributed by atoms with Gasteiger partial charge in [0.2, 0.25) is 0 Å².